The monoisotopic (exact) mass is 323 g/mol. The van der Waals surface area contributed by atoms with Gasteiger partial charge in [-0.1, -0.05) is 0 Å². The van der Waals surface area contributed by atoms with Crippen molar-refractivity contribution in [3.63, 3.8) is 0 Å². The number of benzene rings is 1. The first-order valence-corrected chi connectivity index (χ1v) is 8.31. The van der Waals surface area contributed by atoms with Gasteiger partial charge < -0.3 is 15.1 Å². The second kappa shape index (κ2) is 7.15. The predicted molar refractivity (Wildman–Crippen MR) is 85.1 cm³/mol. The van der Waals surface area contributed by atoms with E-state index in [9.17, 15) is 14.7 Å². The number of carboxylic acids is 1. The van der Waals surface area contributed by atoms with E-state index in [0.717, 1.165) is 4.90 Å². The van der Waals surface area contributed by atoms with Crippen LogP contribution in [0.25, 0.3) is 0 Å². The Morgan fingerprint density at radius 3 is 2.59 bits per heavy atom. The molecule has 1 aliphatic rings. The summed E-state index contributed by atoms with van der Waals surface area (Å²) in [6.45, 7) is 2.67. The number of aliphatic carboxylic acids is 1. The number of hydrogen-bond acceptors (Lipinski definition) is 4. The van der Waals surface area contributed by atoms with Crippen molar-refractivity contribution in [2.24, 2.45) is 5.41 Å². The molecule has 0 spiro atoms. The van der Waals surface area contributed by atoms with Crippen LogP contribution in [0.1, 0.15) is 30.1 Å². The highest BCUT2D eigenvalue weighted by Gasteiger charge is 2.39. The summed E-state index contributed by atoms with van der Waals surface area (Å²) in [4.78, 5) is 26.5. The first-order chi connectivity index (χ1) is 10.5. The average molecular weight is 323 g/mol. The summed E-state index contributed by atoms with van der Waals surface area (Å²) in [6.07, 6.45) is 1.31. The third-order valence-corrected chi connectivity index (χ3v) is 4.95. The molecule has 2 N–H and O–H groups in total. The number of carbonyl (C=O) groups is 2. The average Bonchev–Trinajstić information content (AvgIpc) is 2.52. The van der Waals surface area contributed by atoms with Crippen LogP contribution in [0.2, 0.25) is 0 Å². The number of likely N-dealkylation sites (tertiary alicyclic amines) is 1. The smallest absolute Gasteiger partial charge is 0.311 e. The number of piperidine rings is 1. The summed E-state index contributed by atoms with van der Waals surface area (Å²) in [6, 6.07) is 7.23. The molecule has 1 amide bonds. The molecule has 0 bridgehead atoms. The molecule has 1 aliphatic heterocycles. The molecule has 1 atom stereocenters. The van der Waals surface area contributed by atoms with Gasteiger partial charge in [-0.25, -0.2) is 0 Å². The zero-order valence-corrected chi connectivity index (χ0v) is 13.4. The van der Waals surface area contributed by atoms with E-state index in [-0.39, 0.29) is 19.1 Å². The lowest BCUT2D eigenvalue weighted by atomic mass is 9.82. The van der Waals surface area contributed by atoms with E-state index in [1.54, 1.807) is 24.0 Å². The number of aliphatic hydroxyl groups excluding tert-OH is 1. The zero-order valence-electron chi connectivity index (χ0n) is 12.6. The fraction of sp³-hybridized carbons (Fsp3) is 0.500. The highest BCUT2D eigenvalue weighted by molar-refractivity contribution is 7.99. The number of nitrogens with zero attached hydrogens (tertiary/aromatic N) is 1. The number of carbonyl (C=O) groups excluding carboxylic acids is 1. The highest BCUT2D eigenvalue weighted by Crippen LogP contribution is 2.30. The Morgan fingerprint density at radius 1 is 1.32 bits per heavy atom. The number of amides is 1. The number of rotatable bonds is 5. The van der Waals surface area contributed by atoms with Crippen molar-refractivity contribution in [2.45, 2.75) is 24.7 Å². The Kier molecular flexibility index (Phi) is 5.47. The molecular formula is C16H21NO4S. The molecule has 1 fully saturated rings. The van der Waals surface area contributed by atoms with Crippen molar-refractivity contribution in [1.82, 2.24) is 4.90 Å². The van der Waals surface area contributed by atoms with Crippen LogP contribution in [-0.4, -0.2) is 52.4 Å². The number of aliphatic hydroxyl groups is 1. The van der Waals surface area contributed by atoms with Gasteiger partial charge in [-0.05, 0) is 44.0 Å². The van der Waals surface area contributed by atoms with Gasteiger partial charge in [-0.2, -0.15) is 0 Å². The van der Waals surface area contributed by atoms with Crippen LogP contribution in [0.5, 0.6) is 0 Å². The largest absolute Gasteiger partial charge is 0.481 e. The Balaban J connectivity index is 2.06. The third-order valence-electron chi connectivity index (χ3n) is 3.96. The van der Waals surface area contributed by atoms with E-state index >= 15 is 0 Å². The van der Waals surface area contributed by atoms with Crippen LogP contribution in [0.3, 0.4) is 0 Å². The van der Waals surface area contributed by atoms with Crippen molar-refractivity contribution in [3.8, 4) is 0 Å². The van der Waals surface area contributed by atoms with Gasteiger partial charge in [0, 0.05) is 29.3 Å². The molecule has 1 aromatic rings. The molecule has 1 aromatic carbocycles. The molecule has 6 heteroatoms. The van der Waals surface area contributed by atoms with Gasteiger partial charge in [0.15, 0.2) is 0 Å². The van der Waals surface area contributed by atoms with Crippen LogP contribution >= 0.6 is 11.8 Å². The van der Waals surface area contributed by atoms with Crippen molar-refractivity contribution in [3.05, 3.63) is 29.8 Å². The molecule has 1 saturated heterocycles. The fourth-order valence-electron chi connectivity index (χ4n) is 2.63. The van der Waals surface area contributed by atoms with Gasteiger partial charge in [-0.15, -0.1) is 11.8 Å². The standard InChI is InChI=1S/C16H21NO4S/c1-16(15(20)21)7-2-8-17(11-16)14(19)12-3-5-13(6-4-12)22-10-9-18/h3-6,18H,2,7-11H2,1H3,(H,20,21)/t16-/m0/s1. The van der Waals surface area contributed by atoms with Gasteiger partial charge in [0.05, 0.1) is 12.0 Å². The minimum absolute atomic E-state index is 0.118. The molecule has 0 saturated carbocycles. The van der Waals surface area contributed by atoms with Gasteiger partial charge in [-0.3, -0.25) is 9.59 Å². The van der Waals surface area contributed by atoms with Gasteiger partial charge in [0.25, 0.3) is 5.91 Å². The highest BCUT2D eigenvalue weighted by atomic mass is 32.2. The SMILES string of the molecule is C[C@]1(C(=O)O)CCCN(C(=O)c2ccc(SCCO)cc2)C1. The number of hydrogen-bond donors (Lipinski definition) is 2. The van der Waals surface area contributed by atoms with E-state index in [1.165, 1.54) is 11.8 Å². The van der Waals surface area contributed by atoms with Crippen molar-refractivity contribution in [2.75, 3.05) is 25.4 Å². The van der Waals surface area contributed by atoms with Crippen LogP contribution in [0.15, 0.2) is 29.2 Å². The Hall–Kier alpha value is -1.53. The van der Waals surface area contributed by atoms with Gasteiger partial charge >= 0.3 is 5.97 Å². The molecule has 0 radical (unpaired) electrons. The topological polar surface area (TPSA) is 77.8 Å². The van der Waals surface area contributed by atoms with E-state index in [0.29, 0.717) is 30.7 Å². The molecular weight excluding hydrogens is 302 g/mol. The molecule has 120 valence electrons. The van der Waals surface area contributed by atoms with Crippen LogP contribution in [0, 0.1) is 5.41 Å². The number of thioether (sulfide) groups is 1. The molecule has 22 heavy (non-hydrogen) atoms. The molecule has 2 rings (SSSR count). The summed E-state index contributed by atoms with van der Waals surface area (Å²) in [5.41, 5.74) is -0.284. The van der Waals surface area contributed by atoms with Gasteiger partial charge in [0.2, 0.25) is 0 Å². The fourth-order valence-corrected chi connectivity index (χ4v) is 3.28. The predicted octanol–water partition coefficient (Wildman–Crippen LogP) is 2.10. The molecule has 0 aromatic heterocycles. The van der Waals surface area contributed by atoms with Crippen LogP contribution < -0.4 is 0 Å². The molecule has 0 unspecified atom stereocenters. The Morgan fingerprint density at radius 2 is 2.00 bits per heavy atom. The number of carboxylic acid groups (broad SMARTS) is 1. The summed E-state index contributed by atoms with van der Waals surface area (Å²) in [7, 11) is 0. The third kappa shape index (κ3) is 3.81. The lowest BCUT2D eigenvalue weighted by Gasteiger charge is -2.37. The molecule has 1 heterocycles. The first kappa shape index (κ1) is 16.8. The summed E-state index contributed by atoms with van der Waals surface area (Å²) < 4.78 is 0. The second-order valence-corrected chi connectivity index (χ2v) is 6.96. The van der Waals surface area contributed by atoms with Crippen molar-refractivity contribution in [1.29, 1.82) is 0 Å². The van der Waals surface area contributed by atoms with E-state index in [2.05, 4.69) is 0 Å². The van der Waals surface area contributed by atoms with E-state index < -0.39 is 11.4 Å². The zero-order chi connectivity index (χ0) is 16.2. The molecule has 5 nitrogen and oxygen atoms in total. The minimum Gasteiger partial charge on any atom is -0.481 e. The quantitative estimate of drug-likeness (QED) is 0.811. The van der Waals surface area contributed by atoms with Crippen molar-refractivity contribution < 1.29 is 19.8 Å². The lowest BCUT2D eigenvalue weighted by Crippen LogP contribution is -2.48. The van der Waals surface area contributed by atoms with Crippen molar-refractivity contribution >= 4 is 23.6 Å². The molecule has 0 aliphatic carbocycles. The first-order valence-electron chi connectivity index (χ1n) is 7.33. The second-order valence-electron chi connectivity index (χ2n) is 5.79. The Labute approximate surface area is 134 Å². The Bertz CT molecular complexity index is 546. The normalized spacial score (nSPS) is 21.6. The maximum absolute atomic E-state index is 12.5. The van der Waals surface area contributed by atoms with Crippen LogP contribution in [0.4, 0.5) is 0 Å². The minimum atomic E-state index is -0.856. The maximum atomic E-state index is 12.5. The van der Waals surface area contributed by atoms with E-state index in [4.69, 9.17) is 5.11 Å². The summed E-state index contributed by atoms with van der Waals surface area (Å²) in [5.74, 6) is -0.345. The van der Waals surface area contributed by atoms with E-state index in [1.807, 2.05) is 12.1 Å². The maximum Gasteiger partial charge on any atom is 0.311 e. The lowest BCUT2D eigenvalue weighted by molar-refractivity contribution is -0.150. The summed E-state index contributed by atoms with van der Waals surface area (Å²) >= 11 is 1.53. The van der Waals surface area contributed by atoms with Crippen LogP contribution in [-0.2, 0) is 4.79 Å². The van der Waals surface area contributed by atoms with Gasteiger partial charge in [0.1, 0.15) is 0 Å². The summed E-state index contributed by atoms with van der Waals surface area (Å²) in [5, 5.41) is 18.1.